The van der Waals surface area contributed by atoms with Gasteiger partial charge in [0.05, 0.1) is 19.2 Å². The first-order chi connectivity index (χ1) is 9.19. The number of benzene rings is 1. The van der Waals surface area contributed by atoms with Gasteiger partial charge in [-0.25, -0.2) is 0 Å². The van der Waals surface area contributed by atoms with Crippen LogP contribution in [-0.4, -0.2) is 36.8 Å². The Morgan fingerprint density at radius 2 is 1.95 bits per heavy atom. The first-order valence-corrected chi connectivity index (χ1v) is 6.95. The fourth-order valence-corrected chi connectivity index (χ4v) is 2.72. The molecule has 2 N–H and O–H groups in total. The summed E-state index contributed by atoms with van der Waals surface area (Å²) in [5.74, 6) is -0.0155. The molecule has 1 fully saturated rings. The van der Waals surface area contributed by atoms with Gasteiger partial charge in [0.25, 0.3) is 0 Å². The van der Waals surface area contributed by atoms with Crippen molar-refractivity contribution in [2.75, 3.05) is 24.6 Å². The highest BCUT2D eigenvalue weighted by Gasteiger charge is 2.26. The number of amides is 1. The van der Waals surface area contributed by atoms with Crippen molar-refractivity contribution in [3.63, 3.8) is 0 Å². The van der Waals surface area contributed by atoms with Gasteiger partial charge in [-0.3, -0.25) is 4.79 Å². The molecule has 4 heteroatoms. The molecule has 0 aromatic heterocycles. The molecule has 1 aliphatic heterocycles. The lowest BCUT2D eigenvalue weighted by molar-refractivity contribution is -0.121. The van der Waals surface area contributed by atoms with E-state index >= 15 is 0 Å². The molecule has 1 saturated heterocycles. The van der Waals surface area contributed by atoms with Gasteiger partial charge in [-0.15, -0.1) is 0 Å². The van der Waals surface area contributed by atoms with E-state index in [1.807, 2.05) is 0 Å². The number of aryl methyl sites for hydroxylation is 2. The van der Waals surface area contributed by atoms with Crippen molar-refractivity contribution in [2.24, 2.45) is 0 Å². The van der Waals surface area contributed by atoms with Crippen molar-refractivity contribution < 1.29 is 9.90 Å². The molecule has 19 heavy (non-hydrogen) atoms. The fraction of sp³-hybridized carbons (Fsp3) is 0.533. The van der Waals surface area contributed by atoms with Gasteiger partial charge >= 0.3 is 0 Å². The highest BCUT2D eigenvalue weighted by Crippen LogP contribution is 2.27. The second-order valence-electron chi connectivity index (χ2n) is 4.96. The topological polar surface area (TPSA) is 52.6 Å². The number of nitrogens with one attached hydrogen (secondary N) is 1. The molecule has 4 nitrogen and oxygen atoms in total. The summed E-state index contributed by atoms with van der Waals surface area (Å²) in [6, 6.07) is 6.15. The predicted octanol–water partition coefficient (Wildman–Crippen LogP) is 1.11. The van der Waals surface area contributed by atoms with Crippen molar-refractivity contribution >= 4 is 11.6 Å². The summed E-state index contributed by atoms with van der Waals surface area (Å²) in [5.41, 5.74) is 3.72. The van der Waals surface area contributed by atoms with Crippen LogP contribution in [-0.2, 0) is 17.6 Å². The van der Waals surface area contributed by atoms with Crippen LogP contribution in [0.4, 0.5) is 5.69 Å². The van der Waals surface area contributed by atoms with E-state index in [0.29, 0.717) is 13.1 Å². The maximum atomic E-state index is 11.8. The average molecular weight is 262 g/mol. The minimum Gasteiger partial charge on any atom is -0.394 e. The summed E-state index contributed by atoms with van der Waals surface area (Å²) in [6.45, 7) is 5.29. The molecule has 1 aromatic carbocycles. The Kier molecular flexibility index (Phi) is 4.43. The molecule has 1 unspecified atom stereocenters. The van der Waals surface area contributed by atoms with Crippen molar-refractivity contribution in [3.8, 4) is 0 Å². The third kappa shape index (κ3) is 2.89. The zero-order valence-electron chi connectivity index (χ0n) is 11.6. The van der Waals surface area contributed by atoms with E-state index in [1.165, 1.54) is 16.8 Å². The van der Waals surface area contributed by atoms with E-state index in [2.05, 4.69) is 42.3 Å². The molecule has 1 aliphatic rings. The molecule has 0 aliphatic carbocycles. The Morgan fingerprint density at radius 1 is 1.32 bits per heavy atom. The predicted molar refractivity (Wildman–Crippen MR) is 76.4 cm³/mol. The molecule has 0 spiro atoms. The van der Waals surface area contributed by atoms with Gasteiger partial charge in [0, 0.05) is 12.2 Å². The summed E-state index contributed by atoms with van der Waals surface area (Å²) in [4.78, 5) is 13.9. The SMILES string of the molecule is CCc1cccc(CC)c1N1CC(=O)NC(CO)C1. The number of rotatable bonds is 4. The van der Waals surface area contributed by atoms with Gasteiger partial charge in [-0.2, -0.15) is 0 Å². The molecule has 0 bridgehead atoms. The number of carbonyl (C=O) groups is 1. The normalized spacial score (nSPS) is 19.4. The maximum absolute atomic E-state index is 11.8. The molecule has 1 atom stereocenters. The molecule has 1 heterocycles. The second kappa shape index (κ2) is 6.06. The first kappa shape index (κ1) is 13.9. The number of nitrogens with zero attached hydrogens (tertiary/aromatic N) is 1. The lowest BCUT2D eigenvalue weighted by atomic mass is 10.0. The zero-order valence-corrected chi connectivity index (χ0v) is 11.6. The van der Waals surface area contributed by atoms with Gasteiger partial charge in [0.2, 0.25) is 5.91 Å². The van der Waals surface area contributed by atoms with E-state index < -0.39 is 0 Å². The van der Waals surface area contributed by atoms with Gasteiger partial charge in [-0.05, 0) is 24.0 Å². The molecule has 0 saturated carbocycles. The Morgan fingerprint density at radius 3 is 2.47 bits per heavy atom. The molecule has 1 amide bonds. The van der Waals surface area contributed by atoms with Crippen molar-refractivity contribution in [3.05, 3.63) is 29.3 Å². The lowest BCUT2D eigenvalue weighted by Crippen LogP contribution is -2.56. The quantitative estimate of drug-likeness (QED) is 0.854. The summed E-state index contributed by atoms with van der Waals surface area (Å²) in [7, 11) is 0. The van der Waals surface area contributed by atoms with E-state index in [-0.39, 0.29) is 18.6 Å². The van der Waals surface area contributed by atoms with E-state index in [9.17, 15) is 9.90 Å². The van der Waals surface area contributed by atoms with Gasteiger partial charge in [-0.1, -0.05) is 32.0 Å². The maximum Gasteiger partial charge on any atom is 0.239 e. The van der Waals surface area contributed by atoms with Crippen LogP contribution in [0.2, 0.25) is 0 Å². The Hall–Kier alpha value is -1.55. The number of aliphatic hydroxyl groups is 1. The minimum absolute atomic E-state index is 0.0155. The molecule has 2 rings (SSSR count). The smallest absolute Gasteiger partial charge is 0.239 e. The standard InChI is InChI=1S/C15H22N2O2/c1-3-11-6-5-7-12(4-2)15(11)17-8-13(10-18)16-14(19)9-17/h5-7,13,18H,3-4,8-10H2,1-2H3,(H,16,19). The zero-order chi connectivity index (χ0) is 13.8. The number of piperazine rings is 1. The van der Waals surface area contributed by atoms with E-state index in [0.717, 1.165) is 12.8 Å². The third-order valence-corrected chi connectivity index (χ3v) is 3.64. The Labute approximate surface area is 114 Å². The molecular formula is C15H22N2O2. The van der Waals surface area contributed by atoms with Crippen LogP contribution in [0.3, 0.4) is 0 Å². The number of anilines is 1. The number of aliphatic hydroxyl groups excluding tert-OH is 1. The van der Waals surface area contributed by atoms with Crippen LogP contribution in [0.25, 0.3) is 0 Å². The van der Waals surface area contributed by atoms with Crippen molar-refractivity contribution in [1.29, 1.82) is 0 Å². The molecule has 0 radical (unpaired) electrons. The summed E-state index contributed by atoms with van der Waals surface area (Å²) in [5, 5.41) is 12.1. The number of para-hydroxylation sites is 1. The van der Waals surface area contributed by atoms with E-state index in [1.54, 1.807) is 0 Å². The highest BCUT2D eigenvalue weighted by molar-refractivity contribution is 5.84. The van der Waals surface area contributed by atoms with Crippen LogP contribution in [0.1, 0.15) is 25.0 Å². The minimum atomic E-state index is -0.170. The van der Waals surface area contributed by atoms with Gasteiger partial charge in [0.15, 0.2) is 0 Å². The fourth-order valence-electron chi connectivity index (χ4n) is 2.72. The van der Waals surface area contributed by atoms with Crippen LogP contribution >= 0.6 is 0 Å². The van der Waals surface area contributed by atoms with Gasteiger partial charge in [0.1, 0.15) is 0 Å². The third-order valence-electron chi connectivity index (χ3n) is 3.64. The number of carbonyl (C=O) groups excluding carboxylic acids is 1. The van der Waals surface area contributed by atoms with Crippen molar-refractivity contribution in [2.45, 2.75) is 32.7 Å². The Balaban J connectivity index is 2.36. The molecule has 104 valence electrons. The average Bonchev–Trinajstić information content (AvgIpc) is 2.45. The van der Waals surface area contributed by atoms with Crippen LogP contribution in [0.15, 0.2) is 18.2 Å². The monoisotopic (exact) mass is 262 g/mol. The van der Waals surface area contributed by atoms with Crippen LogP contribution in [0.5, 0.6) is 0 Å². The molecular weight excluding hydrogens is 240 g/mol. The van der Waals surface area contributed by atoms with E-state index in [4.69, 9.17) is 0 Å². The summed E-state index contributed by atoms with van der Waals surface area (Å²) >= 11 is 0. The number of hydrogen-bond donors (Lipinski definition) is 2. The van der Waals surface area contributed by atoms with Crippen LogP contribution < -0.4 is 10.2 Å². The van der Waals surface area contributed by atoms with Crippen molar-refractivity contribution in [1.82, 2.24) is 5.32 Å². The van der Waals surface area contributed by atoms with Gasteiger partial charge < -0.3 is 15.3 Å². The highest BCUT2D eigenvalue weighted by atomic mass is 16.3. The lowest BCUT2D eigenvalue weighted by Gasteiger charge is -2.36. The number of hydrogen-bond acceptors (Lipinski definition) is 3. The first-order valence-electron chi connectivity index (χ1n) is 6.95. The second-order valence-corrected chi connectivity index (χ2v) is 4.96. The van der Waals surface area contributed by atoms with Crippen LogP contribution in [0, 0.1) is 0 Å². The summed E-state index contributed by atoms with van der Waals surface area (Å²) in [6.07, 6.45) is 1.90. The molecule has 1 aromatic rings. The summed E-state index contributed by atoms with van der Waals surface area (Å²) < 4.78 is 0. The largest absolute Gasteiger partial charge is 0.394 e. The Bertz CT molecular complexity index is 437.